The van der Waals surface area contributed by atoms with Crippen LogP contribution >= 0.6 is 0 Å². The smallest absolute Gasteiger partial charge is 0.251 e. The number of benzene rings is 1. The van der Waals surface area contributed by atoms with Crippen molar-refractivity contribution in [3.05, 3.63) is 29.8 Å². The maximum atomic E-state index is 12.7. The van der Waals surface area contributed by atoms with Crippen LogP contribution in [-0.4, -0.2) is 63.4 Å². The molecule has 8 nitrogen and oxygen atoms in total. The molecule has 0 spiro atoms. The van der Waals surface area contributed by atoms with E-state index in [9.17, 15) is 18.0 Å². The molecule has 0 unspecified atom stereocenters. The lowest BCUT2D eigenvalue weighted by Crippen LogP contribution is -2.44. The largest absolute Gasteiger partial charge is 0.379 e. The lowest BCUT2D eigenvalue weighted by molar-refractivity contribution is -0.122. The van der Waals surface area contributed by atoms with Gasteiger partial charge in [0.05, 0.1) is 18.1 Å². The minimum absolute atomic E-state index is 0.0488. The fraction of sp³-hybridized carbons (Fsp3) is 0.500. The van der Waals surface area contributed by atoms with Crippen LogP contribution in [0.5, 0.6) is 0 Å². The molecule has 0 aliphatic carbocycles. The summed E-state index contributed by atoms with van der Waals surface area (Å²) < 4.78 is 31.8. The molecule has 25 heavy (non-hydrogen) atoms. The van der Waals surface area contributed by atoms with E-state index in [-0.39, 0.29) is 29.5 Å². The van der Waals surface area contributed by atoms with Crippen molar-refractivity contribution in [2.24, 2.45) is 0 Å². The van der Waals surface area contributed by atoms with Gasteiger partial charge >= 0.3 is 0 Å². The van der Waals surface area contributed by atoms with E-state index in [1.807, 2.05) is 0 Å². The van der Waals surface area contributed by atoms with Crippen LogP contribution in [0, 0.1) is 0 Å². The van der Waals surface area contributed by atoms with E-state index in [1.54, 1.807) is 13.8 Å². The Bertz CT molecular complexity index is 729. The van der Waals surface area contributed by atoms with Crippen LogP contribution in [0.25, 0.3) is 0 Å². The van der Waals surface area contributed by atoms with Crippen molar-refractivity contribution in [1.29, 1.82) is 0 Å². The summed E-state index contributed by atoms with van der Waals surface area (Å²) in [6.07, 6.45) is 0. The number of amides is 2. The molecular weight excluding hydrogens is 346 g/mol. The van der Waals surface area contributed by atoms with Gasteiger partial charge in [0.2, 0.25) is 15.9 Å². The second-order valence-electron chi connectivity index (χ2n) is 5.63. The normalized spacial score (nSPS) is 16.9. The summed E-state index contributed by atoms with van der Waals surface area (Å²) in [5.41, 5.74) is 0.186. The van der Waals surface area contributed by atoms with E-state index in [2.05, 4.69) is 10.6 Å². The zero-order valence-corrected chi connectivity index (χ0v) is 15.1. The Morgan fingerprint density at radius 1 is 1.28 bits per heavy atom. The van der Waals surface area contributed by atoms with Crippen LogP contribution in [0.2, 0.25) is 0 Å². The highest BCUT2D eigenvalue weighted by molar-refractivity contribution is 7.89. The van der Waals surface area contributed by atoms with Crippen LogP contribution in [0.1, 0.15) is 24.2 Å². The predicted molar refractivity (Wildman–Crippen MR) is 91.6 cm³/mol. The molecule has 1 aliphatic heterocycles. The number of carbonyl (C=O) groups excluding carboxylic acids is 2. The van der Waals surface area contributed by atoms with Gasteiger partial charge in [-0.3, -0.25) is 9.59 Å². The monoisotopic (exact) mass is 369 g/mol. The highest BCUT2D eigenvalue weighted by atomic mass is 32.2. The highest BCUT2D eigenvalue weighted by Gasteiger charge is 2.27. The van der Waals surface area contributed by atoms with E-state index in [1.165, 1.54) is 28.6 Å². The number of sulfonamides is 1. The zero-order valence-electron chi connectivity index (χ0n) is 14.3. The molecule has 0 bridgehead atoms. The van der Waals surface area contributed by atoms with Crippen LogP contribution < -0.4 is 10.6 Å². The van der Waals surface area contributed by atoms with Crippen molar-refractivity contribution < 1.29 is 22.7 Å². The molecule has 1 heterocycles. The standard InChI is InChI=1S/C16H23N3O5S/c1-3-17-15(20)12(2)18-16(21)13-5-4-6-14(11-13)25(22,23)19-7-9-24-10-8-19/h4-6,11-12H,3,7-10H2,1-2H3,(H,17,20)(H,18,21)/t12-/m1/s1. The first-order valence-electron chi connectivity index (χ1n) is 8.12. The van der Waals surface area contributed by atoms with Crippen molar-refractivity contribution >= 4 is 21.8 Å². The summed E-state index contributed by atoms with van der Waals surface area (Å²) in [6.45, 7) is 5.09. The Kier molecular flexibility index (Phi) is 6.51. The van der Waals surface area contributed by atoms with Crippen molar-refractivity contribution in [3.63, 3.8) is 0 Å². The number of ether oxygens (including phenoxy) is 1. The van der Waals surface area contributed by atoms with Gasteiger partial charge in [0.15, 0.2) is 0 Å². The Labute approximate surface area is 147 Å². The van der Waals surface area contributed by atoms with Gasteiger partial charge in [0, 0.05) is 25.2 Å². The van der Waals surface area contributed by atoms with Gasteiger partial charge in [-0.1, -0.05) is 6.07 Å². The maximum Gasteiger partial charge on any atom is 0.251 e. The molecule has 0 saturated carbocycles. The molecule has 2 N–H and O–H groups in total. The average Bonchev–Trinajstić information content (AvgIpc) is 2.62. The minimum atomic E-state index is -3.68. The fourth-order valence-corrected chi connectivity index (χ4v) is 3.86. The predicted octanol–water partition coefficient (Wildman–Crippen LogP) is -0.0381. The van der Waals surface area contributed by atoms with E-state index in [4.69, 9.17) is 4.74 Å². The first kappa shape index (κ1) is 19.4. The summed E-state index contributed by atoms with van der Waals surface area (Å²) >= 11 is 0. The second kappa shape index (κ2) is 8.41. The SMILES string of the molecule is CCNC(=O)[C@@H](C)NC(=O)c1cccc(S(=O)(=O)N2CCOCC2)c1. The number of carbonyl (C=O) groups is 2. The third-order valence-corrected chi connectivity index (χ3v) is 5.69. The van der Waals surface area contributed by atoms with Crippen molar-refractivity contribution in [1.82, 2.24) is 14.9 Å². The number of hydrogen-bond acceptors (Lipinski definition) is 5. The van der Waals surface area contributed by atoms with Crippen LogP contribution in [-0.2, 0) is 19.6 Å². The maximum absolute atomic E-state index is 12.7. The molecular formula is C16H23N3O5S. The Hall–Kier alpha value is -1.97. The van der Waals surface area contributed by atoms with Gasteiger partial charge in [-0.25, -0.2) is 8.42 Å². The summed E-state index contributed by atoms with van der Waals surface area (Å²) in [7, 11) is -3.68. The molecule has 0 aromatic heterocycles. The number of rotatable bonds is 6. The molecule has 9 heteroatoms. The number of likely N-dealkylation sites (N-methyl/N-ethyl adjacent to an activating group) is 1. The number of morpholine rings is 1. The van der Waals surface area contributed by atoms with Crippen LogP contribution in [0.4, 0.5) is 0 Å². The Morgan fingerprint density at radius 2 is 1.96 bits per heavy atom. The topological polar surface area (TPSA) is 105 Å². The van der Waals surface area contributed by atoms with Crippen molar-refractivity contribution in [3.8, 4) is 0 Å². The Morgan fingerprint density at radius 3 is 2.60 bits per heavy atom. The summed E-state index contributed by atoms with van der Waals surface area (Å²) in [6, 6.07) is 5.09. The molecule has 2 amide bonds. The number of hydrogen-bond donors (Lipinski definition) is 2. The summed E-state index contributed by atoms with van der Waals surface area (Å²) in [5, 5.41) is 5.17. The Balaban J connectivity index is 2.15. The quantitative estimate of drug-likeness (QED) is 0.732. The molecule has 138 valence electrons. The van der Waals surface area contributed by atoms with Crippen LogP contribution in [0.15, 0.2) is 29.2 Å². The number of nitrogens with zero attached hydrogens (tertiary/aromatic N) is 1. The lowest BCUT2D eigenvalue weighted by Gasteiger charge is -2.26. The first-order valence-corrected chi connectivity index (χ1v) is 9.56. The van der Waals surface area contributed by atoms with E-state index in [0.717, 1.165) is 0 Å². The van der Waals surface area contributed by atoms with Crippen molar-refractivity contribution in [2.75, 3.05) is 32.8 Å². The van der Waals surface area contributed by atoms with Gasteiger partial charge in [0.1, 0.15) is 6.04 Å². The highest BCUT2D eigenvalue weighted by Crippen LogP contribution is 2.18. The van der Waals surface area contributed by atoms with E-state index < -0.39 is 22.0 Å². The summed E-state index contributed by atoms with van der Waals surface area (Å²) in [4.78, 5) is 24.1. The molecule has 1 saturated heterocycles. The third kappa shape index (κ3) is 4.77. The van der Waals surface area contributed by atoms with E-state index >= 15 is 0 Å². The van der Waals surface area contributed by atoms with Crippen molar-refractivity contribution in [2.45, 2.75) is 24.8 Å². The van der Waals surface area contributed by atoms with Crippen LogP contribution in [0.3, 0.4) is 0 Å². The minimum Gasteiger partial charge on any atom is -0.379 e. The third-order valence-electron chi connectivity index (χ3n) is 3.80. The molecule has 0 radical (unpaired) electrons. The first-order chi connectivity index (χ1) is 11.9. The lowest BCUT2D eigenvalue weighted by atomic mass is 10.2. The van der Waals surface area contributed by atoms with Gasteiger partial charge in [-0.15, -0.1) is 0 Å². The van der Waals surface area contributed by atoms with Gasteiger partial charge in [-0.05, 0) is 32.0 Å². The van der Waals surface area contributed by atoms with Gasteiger partial charge < -0.3 is 15.4 Å². The van der Waals surface area contributed by atoms with E-state index in [0.29, 0.717) is 19.8 Å². The molecule has 1 fully saturated rings. The fourth-order valence-electron chi connectivity index (χ4n) is 2.41. The zero-order chi connectivity index (χ0) is 18.4. The number of nitrogens with one attached hydrogen (secondary N) is 2. The summed E-state index contributed by atoms with van der Waals surface area (Å²) in [5.74, 6) is -0.800. The molecule has 1 atom stereocenters. The molecule has 1 aromatic rings. The molecule has 2 rings (SSSR count). The molecule has 1 aromatic carbocycles. The van der Waals surface area contributed by atoms with Gasteiger partial charge in [0.25, 0.3) is 5.91 Å². The van der Waals surface area contributed by atoms with Gasteiger partial charge in [-0.2, -0.15) is 4.31 Å². The average molecular weight is 369 g/mol. The second-order valence-corrected chi connectivity index (χ2v) is 7.57. The molecule has 1 aliphatic rings.